The van der Waals surface area contributed by atoms with E-state index >= 15 is 0 Å². The number of nitrogens with one attached hydrogen (secondary N) is 1. The molecule has 2 amide bonds. The molecule has 2 heterocycles. The van der Waals surface area contributed by atoms with Gasteiger partial charge in [-0.2, -0.15) is 0 Å². The molecule has 5 N–H and O–H groups in total. The number of carbonyl (C=O) groups is 3. The number of nitrogens with two attached hydrogens (primary N) is 1. The normalized spacial score (nSPS) is 26.1. The van der Waals surface area contributed by atoms with Crippen molar-refractivity contribution in [2.45, 2.75) is 83.6 Å². The number of amides is 2. The summed E-state index contributed by atoms with van der Waals surface area (Å²) >= 11 is 0. The first-order valence-electron chi connectivity index (χ1n) is 10.9. The van der Waals surface area contributed by atoms with Crippen LogP contribution in [-0.2, 0) is 23.8 Å². The summed E-state index contributed by atoms with van der Waals surface area (Å²) in [5, 5.41) is 23.3. The zero-order valence-electron chi connectivity index (χ0n) is 19.7. The third kappa shape index (κ3) is 7.72. The Hall–Kier alpha value is -2.63. The van der Waals surface area contributed by atoms with Crippen LogP contribution in [0.4, 0.5) is 4.79 Å². The summed E-state index contributed by atoms with van der Waals surface area (Å²) in [5.41, 5.74) is 4.91. The molecule has 0 aromatic rings. The van der Waals surface area contributed by atoms with Crippen LogP contribution in [0.3, 0.4) is 0 Å². The van der Waals surface area contributed by atoms with Gasteiger partial charge in [0.15, 0.2) is 6.23 Å². The SMILES string of the molecule is CC(C)C[C@H](NC(=O)OC(C)(C)C)C(=O)OC[C@H]1O[C@@H](N2C=CCC(C(N)=O)=C2)[C@H](O)[C@@H]1O. The van der Waals surface area contributed by atoms with Gasteiger partial charge in [0, 0.05) is 18.0 Å². The van der Waals surface area contributed by atoms with Crippen molar-refractivity contribution in [3.63, 3.8) is 0 Å². The van der Waals surface area contributed by atoms with E-state index in [1.165, 1.54) is 11.1 Å². The third-order valence-corrected chi connectivity index (χ3v) is 4.94. The van der Waals surface area contributed by atoms with Crippen LogP contribution < -0.4 is 11.1 Å². The highest BCUT2D eigenvalue weighted by atomic mass is 16.6. The largest absolute Gasteiger partial charge is 0.461 e. The van der Waals surface area contributed by atoms with Crippen LogP contribution >= 0.6 is 0 Å². The van der Waals surface area contributed by atoms with E-state index in [-0.39, 0.29) is 12.5 Å². The second-order valence-corrected chi connectivity index (χ2v) is 9.56. The number of primary amides is 1. The first-order chi connectivity index (χ1) is 15.3. The summed E-state index contributed by atoms with van der Waals surface area (Å²) in [6, 6.07) is -0.954. The average molecular weight is 470 g/mol. The number of hydrogen-bond acceptors (Lipinski definition) is 9. The summed E-state index contributed by atoms with van der Waals surface area (Å²) in [6.07, 6.45) is -0.0420. The van der Waals surface area contributed by atoms with Gasteiger partial charge in [0.25, 0.3) is 0 Å². The lowest BCUT2D eigenvalue weighted by molar-refractivity contribution is -0.153. The van der Waals surface area contributed by atoms with Crippen LogP contribution in [-0.4, -0.2) is 75.9 Å². The van der Waals surface area contributed by atoms with Gasteiger partial charge >= 0.3 is 12.1 Å². The molecule has 1 fully saturated rings. The van der Waals surface area contributed by atoms with E-state index in [9.17, 15) is 24.6 Å². The summed E-state index contributed by atoms with van der Waals surface area (Å²) in [7, 11) is 0. The van der Waals surface area contributed by atoms with Gasteiger partial charge in [0.05, 0.1) is 0 Å². The second kappa shape index (κ2) is 11.0. The molecular weight excluding hydrogens is 434 g/mol. The van der Waals surface area contributed by atoms with Crippen molar-refractivity contribution in [1.29, 1.82) is 0 Å². The predicted octanol–water partition coefficient (Wildman–Crippen LogP) is 0.504. The molecule has 5 atom stereocenters. The number of aliphatic hydroxyl groups is 2. The van der Waals surface area contributed by atoms with Crippen molar-refractivity contribution < 1.29 is 38.8 Å². The fraction of sp³-hybridized carbons (Fsp3) is 0.682. The Morgan fingerprint density at radius 1 is 1.27 bits per heavy atom. The molecular formula is C22H35N3O8. The number of rotatable bonds is 8. The topological polar surface area (TPSA) is 161 Å². The lowest BCUT2D eigenvalue weighted by Gasteiger charge is -2.28. The van der Waals surface area contributed by atoms with Crippen LogP contribution in [0.2, 0.25) is 0 Å². The Bertz CT molecular complexity index is 789. The minimum Gasteiger partial charge on any atom is -0.461 e. The first-order valence-corrected chi connectivity index (χ1v) is 10.9. The molecule has 0 unspecified atom stereocenters. The average Bonchev–Trinajstić information content (AvgIpc) is 2.98. The standard InChI is InChI=1S/C22H35N3O8/c1-12(2)9-14(24-21(30)33-22(3,4)5)20(29)31-11-15-16(26)17(27)19(32-15)25-8-6-7-13(10-25)18(23)28/h6,8,10,12,14-17,19,26-27H,7,9,11H2,1-5H3,(H2,23,28)(H,24,30)/t14-,15+,16+,17+,19+/m0/s1. The maximum Gasteiger partial charge on any atom is 0.408 e. The molecule has 1 saturated heterocycles. The molecule has 0 bridgehead atoms. The highest BCUT2D eigenvalue weighted by molar-refractivity contribution is 5.92. The number of carbonyl (C=O) groups excluding carboxylic acids is 3. The number of esters is 1. The maximum atomic E-state index is 12.7. The Morgan fingerprint density at radius 2 is 1.94 bits per heavy atom. The molecule has 0 spiro atoms. The second-order valence-electron chi connectivity index (χ2n) is 9.56. The van der Waals surface area contributed by atoms with E-state index in [2.05, 4.69) is 5.32 Å². The van der Waals surface area contributed by atoms with Gasteiger partial charge in [0.2, 0.25) is 5.91 Å². The molecule has 0 aliphatic carbocycles. The Kier molecular flexibility index (Phi) is 8.87. The fourth-order valence-corrected chi connectivity index (χ4v) is 3.41. The zero-order valence-corrected chi connectivity index (χ0v) is 19.7. The van der Waals surface area contributed by atoms with Crippen LogP contribution in [0.15, 0.2) is 24.0 Å². The quantitative estimate of drug-likeness (QED) is 0.371. The van der Waals surface area contributed by atoms with Crippen molar-refractivity contribution in [1.82, 2.24) is 10.2 Å². The van der Waals surface area contributed by atoms with Crippen molar-refractivity contribution in [3.8, 4) is 0 Å². The van der Waals surface area contributed by atoms with Crippen molar-refractivity contribution >= 4 is 18.0 Å². The van der Waals surface area contributed by atoms with Crippen LogP contribution in [0.25, 0.3) is 0 Å². The van der Waals surface area contributed by atoms with Crippen LogP contribution in [0.1, 0.15) is 47.5 Å². The van der Waals surface area contributed by atoms with Gasteiger partial charge in [0.1, 0.15) is 36.6 Å². The van der Waals surface area contributed by atoms with Gasteiger partial charge in [-0.05, 0) is 39.5 Å². The fourth-order valence-electron chi connectivity index (χ4n) is 3.41. The number of hydrogen-bond donors (Lipinski definition) is 4. The smallest absolute Gasteiger partial charge is 0.408 e. The summed E-state index contributed by atoms with van der Waals surface area (Å²) < 4.78 is 16.2. The third-order valence-electron chi connectivity index (χ3n) is 4.94. The minimum absolute atomic E-state index is 0.0779. The van der Waals surface area contributed by atoms with Gasteiger partial charge < -0.3 is 40.4 Å². The highest BCUT2D eigenvalue weighted by Gasteiger charge is 2.45. The monoisotopic (exact) mass is 469 g/mol. The minimum atomic E-state index is -1.34. The molecule has 0 aromatic carbocycles. The van der Waals surface area contributed by atoms with Crippen LogP contribution in [0, 0.1) is 5.92 Å². The van der Waals surface area contributed by atoms with Gasteiger partial charge in [-0.15, -0.1) is 0 Å². The first kappa shape index (κ1) is 26.6. The molecule has 0 aromatic heterocycles. The zero-order chi connectivity index (χ0) is 24.9. The van der Waals surface area contributed by atoms with E-state index < -0.39 is 54.2 Å². The molecule has 2 aliphatic rings. The van der Waals surface area contributed by atoms with Crippen molar-refractivity contribution in [2.24, 2.45) is 11.7 Å². The molecule has 33 heavy (non-hydrogen) atoms. The van der Waals surface area contributed by atoms with Gasteiger partial charge in [-0.3, -0.25) is 4.79 Å². The summed E-state index contributed by atoms with van der Waals surface area (Å²) in [6.45, 7) is 8.57. The predicted molar refractivity (Wildman–Crippen MR) is 117 cm³/mol. The van der Waals surface area contributed by atoms with Gasteiger partial charge in [-0.1, -0.05) is 19.9 Å². The number of nitrogens with zero attached hydrogens (tertiary/aromatic N) is 1. The molecule has 0 radical (unpaired) electrons. The van der Waals surface area contributed by atoms with Crippen LogP contribution in [0.5, 0.6) is 0 Å². The number of aliphatic hydroxyl groups excluding tert-OH is 2. The van der Waals surface area contributed by atoms with E-state index in [1.54, 1.807) is 33.0 Å². The summed E-state index contributed by atoms with van der Waals surface area (Å²) in [5.74, 6) is -1.23. The van der Waals surface area contributed by atoms with Crippen molar-refractivity contribution in [3.05, 3.63) is 24.0 Å². The molecule has 11 nitrogen and oxygen atoms in total. The molecule has 11 heteroatoms. The summed E-state index contributed by atoms with van der Waals surface area (Å²) in [4.78, 5) is 37.6. The Labute approximate surface area is 193 Å². The van der Waals surface area contributed by atoms with E-state index in [4.69, 9.17) is 19.9 Å². The lowest BCUT2D eigenvalue weighted by atomic mass is 10.0. The van der Waals surface area contributed by atoms with E-state index in [0.717, 1.165) is 0 Å². The lowest BCUT2D eigenvalue weighted by Crippen LogP contribution is -2.46. The Balaban J connectivity index is 1.99. The molecule has 2 rings (SSSR count). The molecule has 2 aliphatic heterocycles. The number of alkyl carbamates (subject to hydrolysis) is 1. The number of allylic oxidation sites excluding steroid dienone is 1. The van der Waals surface area contributed by atoms with Crippen molar-refractivity contribution in [2.75, 3.05) is 6.61 Å². The number of ether oxygens (including phenoxy) is 3. The molecule has 0 saturated carbocycles. The van der Waals surface area contributed by atoms with E-state index in [0.29, 0.717) is 18.4 Å². The Morgan fingerprint density at radius 3 is 2.52 bits per heavy atom. The van der Waals surface area contributed by atoms with E-state index in [1.807, 2.05) is 13.8 Å². The molecule has 186 valence electrons. The highest BCUT2D eigenvalue weighted by Crippen LogP contribution is 2.27. The maximum absolute atomic E-state index is 12.7. The van der Waals surface area contributed by atoms with Gasteiger partial charge in [-0.25, -0.2) is 9.59 Å².